The van der Waals surface area contributed by atoms with Gasteiger partial charge in [-0.25, -0.2) is 4.39 Å². The lowest BCUT2D eigenvalue weighted by molar-refractivity contribution is -0.109. The minimum absolute atomic E-state index is 0.0978. The van der Waals surface area contributed by atoms with Crippen LogP contribution in [0.4, 0.5) is 10.1 Å². The van der Waals surface area contributed by atoms with Crippen molar-refractivity contribution in [3.05, 3.63) is 120 Å². The molecule has 0 unspecified atom stereocenters. The van der Waals surface area contributed by atoms with Crippen molar-refractivity contribution in [2.24, 2.45) is 0 Å². The Kier molecular flexibility index (Phi) is 7.37. The molecule has 0 spiro atoms. The third kappa shape index (κ3) is 6.03. The molecule has 0 bridgehead atoms. The van der Waals surface area contributed by atoms with E-state index in [0.717, 1.165) is 11.1 Å². The Hall–Kier alpha value is -4.65. The summed E-state index contributed by atoms with van der Waals surface area (Å²) >= 11 is 0. The molecule has 1 aromatic heterocycles. The molecule has 0 saturated heterocycles. The monoisotopic (exact) mass is 467 g/mol. The predicted octanol–water partition coefficient (Wildman–Crippen LogP) is 4.68. The van der Waals surface area contributed by atoms with E-state index >= 15 is 0 Å². The number of aromatic nitrogens is 1. The lowest BCUT2D eigenvalue weighted by atomic mass is 10.0. The first kappa shape index (κ1) is 23.5. The van der Waals surface area contributed by atoms with Crippen LogP contribution in [0.3, 0.4) is 0 Å². The van der Waals surface area contributed by atoms with Crippen LogP contribution in [-0.2, 0) is 11.2 Å². The fraction of sp³-hybridized carbons (Fsp3) is 0.0714. The molecule has 4 rings (SSSR count). The highest BCUT2D eigenvalue weighted by Gasteiger charge is 2.16. The van der Waals surface area contributed by atoms with Crippen LogP contribution in [0, 0.1) is 5.82 Å². The smallest absolute Gasteiger partial charge is 0.258 e. The maximum atomic E-state index is 14.6. The van der Waals surface area contributed by atoms with Gasteiger partial charge < -0.3 is 15.4 Å². The molecule has 0 aliphatic heterocycles. The normalized spacial score (nSPS) is 11.3. The molecule has 0 radical (unpaired) electrons. The van der Waals surface area contributed by atoms with Crippen molar-refractivity contribution in [2.75, 3.05) is 5.32 Å². The summed E-state index contributed by atoms with van der Waals surface area (Å²) in [6.45, 7) is 0. The van der Waals surface area contributed by atoms with Gasteiger partial charge in [-0.2, -0.15) is 0 Å². The number of amides is 2. The van der Waals surface area contributed by atoms with Crippen LogP contribution in [0.1, 0.15) is 26.3 Å². The van der Waals surface area contributed by atoms with E-state index in [-0.39, 0.29) is 5.56 Å². The first-order valence-corrected chi connectivity index (χ1v) is 10.9. The number of nitrogens with one attached hydrogen (secondary N) is 2. The van der Waals surface area contributed by atoms with Gasteiger partial charge in [-0.15, -0.1) is 0 Å². The van der Waals surface area contributed by atoms with Gasteiger partial charge in [-0.3, -0.25) is 14.6 Å². The van der Waals surface area contributed by atoms with Crippen molar-refractivity contribution < 1.29 is 18.8 Å². The lowest BCUT2D eigenvalue weighted by Crippen LogP contribution is -2.37. The number of nitrogens with zero attached hydrogens (tertiary/aromatic N) is 1. The molecule has 4 aromatic rings. The molecule has 1 atom stereocenters. The van der Waals surface area contributed by atoms with Crippen LogP contribution in [0.15, 0.2) is 97.3 Å². The van der Waals surface area contributed by atoms with E-state index in [2.05, 4.69) is 15.6 Å². The summed E-state index contributed by atoms with van der Waals surface area (Å²) in [5.41, 5.74) is 3.00. The van der Waals surface area contributed by atoms with Crippen LogP contribution < -0.4 is 10.6 Å². The Morgan fingerprint density at radius 1 is 0.857 bits per heavy atom. The second-order valence-corrected chi connectivity index (χ2v) is 7.87. The zero-order valence-corrected chi connectivity index (χ0v) is 18.6. The molecule has 0 aliphatic carbocycles. The Balaban J connectivity index is 1.38. The molecule has 6 nitrogen and oxygen atoms in total. The number of aldehydes is 1. The zero-order valence-electron chi connectivity index (χ0n) is 18.6. The van der Waals surface area contributed by atoms with E-state index in [1.807, 2.05) is 30.3 Å². The average molecular weight is 468 g/mol. The van der Waals surface area contributed by atoms with E-state index in [1.54, 1.807) is 42.7 Å². The molecule has 2 amide bonds. The standard InChI is InChI=1S/C28H22FN3O3/c29-26-17-22(20-12-14-30-15-13-20)8-11-25(26)28(35)31-23-9-6-21(7-10-23)27(34)32-24(18-33)16-19-4-2-1-3-5-19/h1-15,17-18,24H,16H2,(H,31,35)(H,32,34)/t24-/m0/s1. The van der Waals surface area contributed by atoms with Gasteiger partial charge in [0.15, 0.2) is 0 Å². The number of carbonyl (C=O) groups excluding carboxylic acids is 3. The third-order valence-electron chi connectivity index (χ3n) is 5.41. The molecule has 0 saturated carbocycles. The molecule has 174 valence electrons. The van der Waals surface area contributed by atoms with Crippen LogP contribution in [0.5, 0.6) is 0 Å². The molecule has 1 heterocycles. The summed E-state index contributed by atoms with van der Waals surface area (Å²) in [4.78, 5) is 40.5. The second-order valence-electron chi connectivity index (χ2n) is 7.87. The molecule has 2 N–H and O–H groups in total. The minimum atomic E-state index is -0.664. The van der Waals surface area contributed by atoms with Gasteiger partial charge in [0, 0.05) is 23.6 Å². The Morgan fingerprint density at radius 2 is 1.57 bits per heavy atom. The number of hydrogen-bond acceptors (Lipinski definition) is 4. The summed E-state index contributed by atoms with van der Waals surface area (Å²) in [7, 11) is 0. The van der Waals surface area contributed by atoms with Crippen LogP contribution in [0.25, 0.3) is 11.1 Å². The number of carbonyl (C=O) groups is 3. The number of pyridine rings is 1. The van der Waals surface area contributed by atoms with Crippen molar-refractivity contribution >= 4 is 23.8 Å². The Labute approximate surface area is 201 Å². The second kappa shape index (κ2) is 11.0. The minimum Gasteiger partial charge on any atom is -0.342 e. The van der Waals surface area contributed by atoms with Gasteiger partial charge in [0.05, 0.1) is 11.6 Å². The topological polar surface area (TPSA) is 88.2 Å². The Morgan fingerprint density at radius 3 is 2.23 bits per heavy atom. The summed E-state index contributed by atoms with van der Waals surface area (Å²) < 4.78 is 14.6. The molecular weight excluding hydrogens is 445 g/mol. The van der Waals surface area contributed by atoms with Gasteiger partial charge in [0.2, 0.25) is 0 Å². The number of hydrogen-bond donors (Lipinski definition) is 2. The third-order valence-corrected chi connectivity index (χ3v) is 5.41. The van der Waals surface area contributed by atoms with E-state index < -0.39 is 23.7 Å². The molecule has 0 fully saturated rings. The maximum Gasteiger partial charge on any atom is 0.258 e. The fourth-order valence-electron chi connectivity index (χ4n) is 3.58. The summed E-state index contributed by atoms with van der Waals surface area (Å²) in [5.74, 6) is -1.66. The fourth-order valence-corrected chi connectivity index (χ4v) is 3.58. The van der Waals surface area contributed by atoms with E-state index in [1.165, 1.54) is 24.3 Å². The average Bonchev–Trinajstić information content (AvgIpc) is 2.89. The molecule has 35 heavy (non-hydrogen) atoms. The number of benzene rings is 3. The number of anilines is 1. The molecular formula is C28H22FN3O3. The van der Waals surface area contributed by atoms with Gasteiger partial charge in [-0.05, 0) is 71.6 Å². The molecule has 3 aromatic carbocycles. The maximum absolute atomic E-state index is 14.6. The van der Waals surface area contributed by atoms with Crippen molar-refractivity contribution in [3.63, 3.8) is 0 Å². The lowest BCUT2D eigenvalue weighted by Gasteiger charge is -2.13. The first-order valence-electron chi connectivity index (χ1n) is 10.9. The van der Waals surface area contributed by atoms with Gasteiger partial charge in [0.1, 0.15) is 12.1 Å². The van der Waals surface area contributed by atoms with Gasteiger partial charge in [-0.1, -0.05) is 36.4 Å². The van der Waals surface area contributed by atoms with E-state index in [4.69, 9.17) is 0 Å². The van der Waals surface area contributed by atoms with Crippen molar-refractivity contribution in [1.29, 1.82) is 0 Å². The SMILES string of the molecule is O=C[C@H](Cc1ccccc1)NC(=O)c1ccc(NC(=O)c2ccc(-c3ccncc3)cc2F)cc1. The van der Waals surface area contributed by atoms with Crippen LogP contribution in [0.2, 0.25) is 0 Å². The summed E-state index contributed by atoms with van der Waals surface area (Å²) in [6.07, 6.45) is 4.31. The predicted molar refractivity (Wildman–Crippen MR) is 131 cm³/mol. The number of rotatable bonds is 8. The van der Waals surface area contributed by atoms with Crippen molar-refractivity contribution in [2.45, 2.75) is 12.5 Å². The largest absolute Gasteiger partial charge is 0.342 e. The Bertz CT molecular complexity index is 1330. The van der Waals surface area contributed by atoms with Crippen LogP contribution in [-0.4, -0.2) is 29.1 Å². The van der Waals surface area contributed by atoms with Crippen molar-refractivity contribution in [3.8, 4) is 11.1 Å². The number of halogens is 1. The van der Waals surface area contributed by atoms with Gasteiger partial charge >= 0.3 is 0 Å². The quantitative estimate of drug-likeness (QED) is 0.368. The highest BCUT2D eigenvalue weighted by atomic mass is 19.1. The van der Waals surface area contributed by atoms with Crippen molar-refractivity contribution in [1.82, 2.24) is 10.3 Å². The summed E-state index contributed by atoms with van der Waals surface area (Å²) in [5, 5.41) is 5.33. The van der Waals surface area contributed by atoms with Crippen LogP contribution >= 0.6 is 0 Å². The molecule has 0 aliphatic rings. The molecule has 7 heteroatoms. The summed E-state index contributed by atoms with van der Waals surface area (Å²) in [6, 6.07) is 22.8. The van der Waals surface area contributed by atoms with E-state index in [9.17, 15) is 18.8 Å². The van der Waals surface area contributed by atoms with Gasteiger partial charge in [0.25, 0.3) is 11.8 Å². The zero-order chi connectivity index (χ0) is 24.6. The first-order chi connectivity index (χ1) is 17.0. The highest BCUT2D eigenvalue weighted by Crippen LogP contribution is 2.22. The van der Waals surface area contributed by atoms with E-state index in [0.29, 0.717) is 29.5 Å². The highest BCUT2D eigenvalue weighted by molar-refractivity contribution is 6.05.